The zero-order valence-corrected chi connectivity index (χ0v) is 12.5. The Morgan fingerprint density at radius 3 is 2.75 bits per heavy atom. The number of benzene rings is 1. The molecule has 0 atom stereocenters. The minimum absolute atomic E-state index is 0.0246. The van der Waals surface area contributed by atoms with Crippen LogP contribution in [-0.4, -0.2) is 20.0 Å². The Kier molecular flexibility index (Phi) is 4.24. The highest BCUT2D eigenvalue weighted by molar-refractivity contribution is 7.93. The average Bonchev–Trinajstić information content (AvgIpc) is 2.76. The lowest BCUT2D eigenvalue weighted by atomic mass is 10.3. The second kappa shape index (κ2) is 5.76. The minimum atomic E-state index is -3.85. The molecule has 5 nitrogen and oxygen atoms in total. The van der Waals surface area contributed by atoms with E-state index in [9.17, 15) is 12.8 Å². The maximum absolute atomic E-state index is 13.7. The number of nitrogens with zero attached hydrogens (tertiary/aromatic N) is 1. The Bertz CT molecular complexity index is 713. The van der Waals surface area contributed by atoms with Gasteiger partial charge in [-0.05, 0) is 32.0 Å². The molecule has 0 aliphatic heterocycles. The predicted molar refractivity (Wildman–Crippen MR) is 75.2 cm³/mol. The first-order chi connectivity index (χ1) is 9.42. The van der Waals surface area contributed by atoms with Gasteiger partial charge >= 0.3 is 0 Å². The zero-order chi connectivity index (χ0) is 14.8. The van der Waals surface area contributed by atoms with E-state index < -0.39 is 15.8 Å². The molecule has 1 N–H and O–H groups in total. The largest absolute Gasteiger partial charge is 0.491 e. The second-order valence-corrected chi connectivity index (χ2v) is 6.47. The van der Waals surface area contributed by atoms with Crippen LogP contribution in [0.3, 0.4) is 0 Å². The van der Waals surface area contributed by atoms with Crippen molar-refractivity contribution in [2.24, 2.45) is 0 Å². The number of thiazole rings is 1. The topological polar surface area (TPSA) is 68.3 Å². The summed E-state index contributed by atoms with van der Waals surface area (Å²) in [5.41, 5.74) is 0.713. The minimum Gasteiger partial charge on any atom is -0.491 e. The van der Waals surface area contributed by atoms with Crippen LogP contribution >= 0.6 is 11.3 Å². The maximum atomic E-state index is 13.7. The number of ether oxygens (including phenoxy) is 1. The molecule has 0 aliphatic carbocycles. The fraction of sp³-hybridized carbons (Fsp3) is 0.250. The molecule has 0 unspecified atom stereocenters. The van der Waals surface area contributed by atoms with Gasteiger partial charge in [0, 0.05) is 5.38 Å². The quantitative estimate of drug-likeness (QED) is 0.921. The molecule has 2 rings (SSSR count). The Balaban J connectivity index is 2.27. The van der Waals surface area contributed by atoms with Gasteiger partial charge in [-0.15, -0.1) is 11.3 Å². The van der Waals surface area contributed by atoms with E-state index in [-0.39, 0.29) is 15.8 Å². The summed E-state index contributed by atoms with van der Waals surface area (Å²) in [6.07, 6.45) is 0. The summed E-state index contributed by atoms with van der Waals surface area (Å²) in [6.45, 7) is 3.78. The van der Waals surface area contributed by atoms with Gasteiger partial charge in [-0.2, -0.15) is 0 Å². The number of halogens is 1. The molecule has 1 aromatic heterocycles. The van der Waals surface area contributed by atoms with Crippen molar-refractivity contribution in [1.82, 2.24) is 4.98 Å². The number of nitrogens with one attached hydrogen (secondary N) is 1. The molecule has 0 radical (unpaired) electrons. The summed E-state index contributed by atoms with van der Waals surface area (Å²) >= 11 is 1.17. The van der Waals surface area contributed by atoms with E-state index in [1.54, 1.807) is 19.2 Å². The summed E-state index contributed by atoms with van der Waals surface area (Å²) in [5.74, 6) is -0.693. The highest BCUT2D eigenvalue weighted by Gasteiger charge is 2.18. The van der Waals surface area contributed by atoms with Crippen LogP contribution in [0, 0.1) is 12.7 Å². The van der Waals surface area contributed by atoms with E-state index in [0.29, 0.717) is 12.3 Å². The van der Waals surface area contributed by atoms with Crippen molar-refractivity contribution in [1.29, 1.82) is 0 Å². The predicted octanol–water partition coefficient (Wildman–Crippen LogP) is 2.79. The molecule has 0 amide bonds. The standard InChI is InChI=1S/C12H13FN2O3S2/c1-3-18-11-5-4-9(6-10(11)13)20(16,17)15-12-14-8(2)7-19-12/h4-7H,3H2,1-2H3,(H,14,15). The monoisotopic (exact) mass is 316 g/mol. The van der Waals surface area contributed by atoms with Crippen molar-refractivity contribution < 1.29 is 17.5 Å². The molecule has 1 heterocycles. The molecule has 0 saturated carbocycles. The van der Waals surface area contributed by atoms with Crippen molar-refractivity contribution in [2.45, 2.75) is 18.7 Å². The first-order valence-corrected chi connectivity index (χ1v) is 8.16. The van der Waals surface area contributed by atoms with Crippen LogP contribution in [0.5, 0.6) is 5.75 Å². The fourth-order valence-corrected chi connectivity index (χ4v) is 3.45. The molecule has 0 spiro atoms. The highest BCUT2D eigenvalue weighted by Crippen LogP contribution is 2.24. The summed E-state index contributed by atoms with van der Waals surface area (Å²) in [7, 11) is -3.85. The van der Waals surface area contributed by atoms with E-state index in [0.717, 1.165) is 6.07 Å². The molecule has 0 saturated heterocycles. The number of sulfonamides is 1. The van der Waals surface area contributed by atoms with E-state index in [1.807, 2.05) is 0 Å². The summed E-state index contributed by atoms with van der Waals surface area (Å²) in [6, 6.07) is 3.51. The third kappa shape index (κ3) is 3.26. The number of hydrogen-bond acceptors (Lipinski definition) is 5. The zero-order valence-electron chi connectivity index (χ0n) is 10.9. The number of rotatable bonds is 5. The Labute approximate surface area is 120 Å². The van der Waals surface area contributed by atoms with Crippen LogP contribution in [0.15, 0.2) is 28.5 Å². The van der Waals surface area contributed by atoms with Crippen LogP contribution in [0.25, 0.3) is 0 Å². The van der Waals surface area contributed by atoms with E-state index in [2.05, 4.69) is 9.71 Å². The first-order valence-electron chi connectivity index (χ1n) is 5.79. The van der Waals surface area contributed by atoms with Crippen molar-refractivity contribution in [3.63, 3.8) is 0 Å². The van der Waals surface area contributed by atoms with Crippen LogP contribution in [0.1, 0.15) is 12.6 Å². The Morgan fingerprint density at radius 1 is 1.45 bits per heavy atom. The summed E-state index contributed by atoms with van der Waals surface area (Å²) in [5, 5.41) is 1.97. The fourth-order valence-electron chi connectivity index (χ4n) is 1.50. The molecular formula is C12H13FN2O3S2. The molecule has 8 heteroatoms. The molecule has 2 aromatic rings. The van der Waals surface area contributed by atoms with Crippen LogP contribution in [0.2, 0.25) is 0 Å². The number of aryl methyl sites for hydroxylation is 1. The first kappa shape index (κ1) is 14.7. The lowest BCUT2D eigenvalue weighted by Crippen LogP contribution is -2.13. The highest BCUT2D eigenvalue weighted by atomic mass is 32.2. The van der Waals surface area contributed by atoms with Gasteiger partial charge in [0.2, 0.25) is 0 Å². The van der Waals surface area contributed by atoms with Crippen molar-refractivity contribution >= 4 is 26.5 Å². The SMILES string of the molecule is CCOc1ccc(S(=O)(=O)Nc2nc(C)cs2)cc1F. The molecular weight excluding hydrogens is 303 g/mol. The molecule has 1 aromatic carbocycles. The van der Waals surface area contributed by atoms with Crippen LogP contribution in [0.4, 0.5) is 9.52 Å². The maximum Gasteiger partial charge on any atom is 0.263 e. The molecule has 0 bridgehead atoms. The molecule has 0 aliphatic rings. The molecule has 20 heavy (non-hydrogen) atoms. The van der Waals surface area contributed by atoms with Crippen molar-refractivity contribution in [3.05, 3.63) is 35.1 Å². The van der Waals surface area contributed by atoms with Gasteiger partial charge in [0.05, 0.1) is 17.2 Å². The Morgan fingerprint density at radius 2 is 2.20 bits per heavy atom. The molecule has 108 valence electrons. The van der Waals surface area contributed by atoms with Gasteiger partial charge in [0.15, 0.2) is 16.7 Å². The third-order valence-corrected chi connectivity index (χ3v) is 4.70. The van der Waals surface area contributed by atoms with Crippen molar-refractivity contribution in [3.8, 4) is 5.75 Å². The second-order valence-electron chi connectivity index (χ2n) is 3.92. The van der Waals surface area contributed by atoms with Gasteiger partial charge < -0.3 is 4.74 Å². The average molecular weight is 316 g/mol. The van der Waals surface area contributed by atoms with Gasteiger partial charge in [-0.1, -0.05) is 0 Å². The molecule has 0 fully saturated rings. The smallest absolute Gasteiger partial charge is 0.263 e. The van der Waals surface area contributed by atoms with E-state index in [4.69, 9.17) is 4.74 Å². The van der Waals surface area contributed by atoms with Crippen LogP contribution in [-0.2, 0) is 10.0 Å². The van der Waals surface area contributed by atoms with Gasteiger partial charge in [0.1, 0.15) is 0 Å². The number of anilines is 1. The lowest BCUT2D eigenvalue weighted by molar-refractivity contribution is 0.321. The third-order valence-electron chi connectivity index (χ3n) is 2.35. The number of aromatic nitrogens is 1. The number of hydrogen-bond donors (Lipinski definition) is 1. The van der Waals surface area contributed by atoms with Gasteiger partial charge in [0.25, 0.3) is 10.0 Å². The van der Waals surface area contributed by atoms with E-state index >= 15 is 0 Å². The van der Waals surface area contributed by atoms with Crippen LogP contribution < -0.4 is 9.46 Å². The van der Waals surface area contributed by atoms with Gasteiger partial charge in [-0.25, -0.2) is 17.8 Å². The normalized spacial score (nSPS) is 11.3. The summed E-state index contributed by atoms with van der Waals surface area (Å²) in [4.78, 5) is 3.83. The van der Waals surface area contributed by atoms with E-state index in [1.165, 1.54) is 23.5 Å². The van der Waals surface area contributed by atoms with Crippen molar-refractivity contribution in [2.75, 3.05) is 11.3 Å². The summed E-state index contributed by atoms with van der Waals surface area (Å²) < 4.78 is 45.2. The van der Waals surface area contributed by atoms with Gasteiger partial charge in [-0.3, -0.25) is 4.72 Å². The lowest BCUT2D eigenvalue weighted by Gasteiger charge is -2.08. The Hall–Kier alpha value is -1.67.